The van der Waals surface area contributed by atoms with Crippen molar-refractivity contribution < 1.29 is 4.74 Å². The number of aliphatic imine (C=N–C) groups is 1. The van der Waals surface area contributed by atoms with E-state index >= 15 is 0 Å². The monoisotopic (exact) mass is 304 g/mol. The second-order valence-corrected chi connectivity index (χ2v) is 7.29. The maximum atomic E-state index is 5.46. The van der Waals surface area contributed by atoms with Crippen LogP contribution in [0.2, 0.25) is 0 Å². The molecule has 1 aromatic rings. The van der Waals surface area contributed by atoms with E-state index in [9.17, 15) is 0 Å². The molecule has 0 aromatic heterocycles. The first-order valence-electron chi connectivity index (χ1n) is 7.79. The Kier molecular flexibility index (Phi) is 4.55. The van der Waals surface area contributed by atoms with Crippen molar-refractivity contribution in [2.45, 2.75) is 44.7 Å². The number of nitrogens with one attached hydrogen (secondary N) is 1. The normalized spacial score (nSPS) is 22.9. The molecule has 3 rings (SSSR count). The minimum Gasteiger partial charge on any atom is -0.381 e. The summed E-state index contributed by atoms with van der Waals surface area (Å²) < 4.78 is 5.46. The van der Waals surface area contributed by atoms with Crippen molar-refractivity contribution in [2.75, 3.05) is 19.0 Å². The molecule has 1 N–H and O–H groups in total. The maximum absolute atomic E-state index is 5.46. The second-order valence-electron chi connectivity index (χ2n) is 6.32. The van der Waals surface area contributed by atoms with Crippen LogP contribution >= 0.6 is 11.8 Å². The van der Waals surface area contributed by atoms with Crippen LogP contribution in [0.1, 0.15) is 43.7 Å². The standard InChI is InChI=1S/C17H24N2OS/c1-13(2)15-5-3-14(4-6-15)11-18-16-19-17(12-21-16)7-9-20-10-8-17/h3-6,13H,7-12H2,1-2H3,(H,18,19). The van der Waals surface area contributed by atoms with Gasteiger partial charge in [0.2, 0.25) is 0 Å². The molecule has 2 aliphatic heterocycles. The molecule has 2 saturated heterocycles. The van der Waals surface area contributed by atoms with Gasteiger partial charge in [0.1, 0.15) is 0 Å². The van der Waals surface area contributed by atoms with Gasteiger partial charge in [-0.05, 0) is 29.9 Å². The molecule has 1 aromatic carbocycles. The molecule has 2 heterocycles. The van der Waals surface area contributed by atoms with E-state index in [1.54, 1.807) is 0 Å². The first kappa shape index (κ1) is 14.9. The third-order valence-corrected chi connectivity index (χ3v) is 5.56. The number of benzene rings is 1. The zero-order chi connectivity index (χ0) is 14.7. The lowest BCUT2D eigenvalue weighted by Crippen LogP contribution is -2.48. The van der Waals surface area contributed by atoms with Crippen molar-refractivity contribution in [3.05, 3.63) is 35.4 Å². The minimum absolute atomic E-state index is 0.239. The Labute approximate surface area is 131 Å². The molecule has 0 unspecified atom stereocenters. The number of hydrogen-bond acceptors (Lipinski definition) is 3. The summed E-state index contributed by atoms with van der Waals surface area (Å²) in [5, 5.41) is 4.74. The lowest BCUT2D eigenvalue weighted by atomic mass is 9.93. The van der Waals surface area contributed by atoms with E-state index < -0.39 is 0 Å². The van der Waals surface area contributed by atoms with Crippen LogP contribution in [0, 0.1) is 0 Å². The summed E-state index contributed by atoms with van der Waals surface area (Å²) in [6, 6.07) is 8.83. The van der Waals surface area contributed by atoms with Crippen molar-refractivity contribution in [2.24, 2.45) is 4.99 Å². The van der Waals surface area contributed by atoms with Crippen molar-refractivity contribution in [3.63, 3.8) is 0 Å². The molecule has 4 heteroatoms. The van der Waals surface area contributed by atoms with Crippen LogP contribution in [0.15, 0.2) is 29.3 Å². The first-order valence-corrected chi connectivity index (χ1v) is 8.77. The van der Waals surface area contributed by atoms with Gasteiger partial charge in [-0.2, -0.15) is 0 Å². The van der Waals surface area contributed by atoms with Gasteiger partial charge in [0.05, 0.1) is 12.1 Å². The van der Waals surface area contributed by atoms with E-state index in [2.05, 4.69) is 43.4 Å². The lowest BCUT2D eigenvalue weighted by Gasteiger charge is -2.32. The third kappa shape index (κ3) is 3.61. The third-order valence-electron chi connectivity index (χ3n) is 4.36. The van der Waals surface area contributed by atoms with Gasteiger partial charge in [-0.15, -0.1) is 0 Å². The van der Waals surface area contributed by atoms with Crippen LogP contribution in [-0.4, -0.2) is 29.7 Å². The highest BCUT2D eigenvalue weighted by atomic mass is 32.2. The van der Waals surface area contributed by atoms with Gasteiger partial charge in [0.15, 0.2) is 5.17 Å². The van der Waals surface area contributed by atoms with Crippen LogP contribution in [0.5, 0.6) is 0 Å². The van der Waals surface area contributed by atoms with Gasteiger partial charge in [0.25, 0.3) is 0 Å². The summed E-state index contributed by atoms with van der Waals surface area (Å²) in [6.45, 7) is 6.96. The molecule has 2 fully saturated rings. The number of nitrogens with zero attached hydrogens (tertiary/aromatic N) is 1. The quantitative estimate of drug-likeness (QED) is 0.927. The van der Waals surface area contributed by atoms with Crippen molar-refractivity contribution in [1.29, 1.82) is 0 Å². The van der Waals surface area contributed by atoms with Gasteiger partial charge >= 0.3 is 0 Å². The summed E-state index contributed by atoms with van der Waals surface area (Å²) in [5.74, 6) is 1.72. The predicted molar refractivity (Wildman–Crippen MR) is 90.0 cm³/mol. The fourth-order valence-corrected chi connectivity index (χ4v) is 4.01. The Hall–Kier alpha value is -1.00. The predicted octanol–water partition coefficient (Wildman–Crippen LogP) is 3.55. The molecular formula is C17H24N2OS. The van der Waals surface area contributed by atoms with Crippen LogP contribution < -0.4 is 5.32 Å². The summed E-state index contributed by atoms with van der Waals surface area (Å²) in [4.78, 5) is 4.75. The lowest BCUT2D eigenvalue weighted by molar-refractivity contribution is 0.0555. The van der Waals surface area contributed by atoms with E-state index in [-0.39, 0.29) is 5.54 Å². The molecule has 114 valence electrons. The van der Waals surface area contributed by atoms with Crippen molar-refractivity contribution in [3.8, 4) is 0 Å². The number of rotatable bonds is 3. The zero-order valence-corrected chi connectivity index (χ0v) is 13.7. The molecule has 3 nitrogen and oxygen atoms in total. The molecule has 21 heavy (non-hydrogen) atoms. The van der Waals surface area contributed by atoms with Gasteiger partial charge in [0, 0.05) is 19.0 Å². The SMILES string of the molecule is CC(C)c1ccc(CN=C2NC3(CCOCC3)CS2)cc1. The number of amidine groups is 1. The van der Waals surface area contributed by atoms with Gasteiger partial charge in [-0.3, -0.25) is 4.99 Å². The topological polar surface area (TPSA) is 33.6 Å². The van der Waals surface area contributed by atoms with Crippen LogP contribution in [0.25, 0.3) is 0 Å². The molecule has 2 aliphatic rings. The van der Waals surface area contributed by atoms with E-state index in [0.717, 1.165) is 43.5 Å². The van der Waals surface area contributed by atoms with Gasteiger partial charge in [-0.1, -0.05) is 49.9 Å². The molecule has 0 amide bonds. The van der Waals surface area contributed by atoms with Crippen LogP contribution in [0.4, 0.5) is 0 Å². The first-order chi connectivity index (χ1) is 10.2. The molecule has 0 aliphatic carbocycles. The Morgan fingerprint density at radius 3 is 2.62 bits per heavy atom. The second kappa shape index (κ2) is 6.41. The highest BCUT2D eigenvalue weighted by molar-refractivity contribution is 8.14. The smallest absolute Gasteiger partial charge is 0.157 e. The summed E-state index contributed by atoms with van der Waals surface area (Å²) >= 11 is 1.86. The largest absolute Gasteiger partial charge is 0.381 e. The molecule has 1 spiro atoms. The fraction of sp³-hybridized carbons (Fsp3) is 0.588. The van der Waals surface area contributed by atoms with Crippen LogP contribution in [0.3, 0.4) is 0 Å². The molecule has 0 radical (unpaired) electrons. The summed E-state index contributed by atoms with van der Waals surface area (Å²) in [6.07, 6.45) is 2.20. The molecular weight excluding hydrogens is 280 g/mol. The molecule has 0 bridgehead atoms. The number of thioether (sulfide) groups is 1. The highest BCUT2D eigenvalue weighted by Crippen LogP contribution is 2.31. The van der Waals surface area contributed by atoms with E-state index in [1.807, 2.05) is 11.8 Å². The maximum Gasteiger partial charge on any atom is 0.157 e. The van der Waals surface area contributed by atoms with Gasteiger partial charge < -0.3 is 10.1 Å². The Morgan fingerprint density at radius 1 is 1.24 bits per heavy atom. The number of ether oxygens (including phenoxy) is 1. The summed E-state index contributed by atoms with van der Waals surface area (Å²) in [7, 11) is 0. The highest BCUT2D eigenvalue weighted by Gasteiger charge is 2.38. The van der Waals surface area contributed by atoms with E-state index in [1.165, 1.54) is 11.1 Å². The minimum atomic E-state index is 0.239. The molecule has 0 saturated carbocycles. The van der Waals surface area contributed by atoms with E-state index in [4.69, 9.17) is 9.73 Å². The Bertz CT molecular complexity index is 504. The Balaban J connectivity index is 1.59. The number of hydrogen-bond donors (Lipinski definition) is 1. The van der Waals surface area contributed by atoms with Crippen molar-refractivity contribution >= 4 is 16.9 Å². The van der Waals surface area contributed by atoms with Crippen molar-refractivity contribution in [1.82, 2.24) is 5.32 Å². The van der Waals surface area contributed by atoms with E-state index in [0.29, 0.717) is 5.92 Å². The van der Waals surface area contributed by atoms with Crippen LogP contribution in [-0.2, 0) is 11.3 Å². The molecule has 0 atom stereocenters. The fourth-order valence-electron chi connectivity index (χ4n) is 2.79. The Morgan fingerprint density at radius 2 is 1.95 bits per heavy atom. The zero-order valence-electron chi connectivity index (χ0n) is 12.9. The van der Waals surface area contributed by atoms with Gasteiger partial charge in [-0.25, -0.2) is 0 Å². The summed E-state index contributed by atoms with van der Waals surface area (Å²) in [5.41, 5.74) is 2.91. The average Bonchev–Trinajstić information content (AvgIpc) is 2.89. The average molecular weight is 304 g/mol.